The molecule has 2 amide bonds. The quantitative estimate of drug-likeness (QED) is 0.0479. The highest BCUT2D eigenvalue weighted by Gasteiger charge is 2.61. The molecule has 8 saturated heterocycles. The van der Waals surface area contributed by atoms with Crippen LogP contribution in [0.4, 0.5) is 0 Å². The largest absolute Gasteiger partial charge is 0.394 e. The second kappa shape index (κ2) is 32.6. The molecule has 8 aliphatic rings. The van der Waals surface area contributed by atoms with E-state index in [2.05, 4.69) is 10.6 Å². The zero-order chi connectivity index (χ0) is 68.5. The SMILES string of the molecule is CC(=O)N[C@H]1[C@H](O[C@H]2[C@@H](O)[C@@H](CO)O[C@@H](O[C@H]3[C@H](O[C@H]4O[C@H](C)[C@H](O)[C@H](O)[C@H]4O)[C@@H](NC(C)=O)[C@H](O[C@H]4[C@@H](O)[C@@H](CO)O[C@@H](O[C@H]5[C@H](O)[C@@H](O)C(O)O[C@@H]5CO)[C@@H]4O)O[C@@H]3CO)[C@@H]2O)O[C@H](CO)[C@@H](O[C@H]2O[C@H](C)[C@H](O)[C@H](O)[C@H]2O)[C@@H]1O[C@@H]1O[C@H](CO)[C@H](O)[C@H](O)[C@H]1O. The van der Waals surface area contributed by atoms with Gasteiger partial charge in [0.2, 0.25) is 11.8 Å². The Morgan fingerprint density at radius 3 is 0.914 bits per heavy atom. The lowest BCUT2D eigenvalue weighted by Gasteiger charge is -2.52. The number of hydrogen-bond donors (Lipinski definition) is 24. The van der Waals surface area contributed by atoms with Crippen molar-refractivity contribution >= 4 is 11.8 Å². The van der Waals surface area contributed by atoms with E-state index in [1.54, 1.807) is 0 Å². The number of carbonyl (C=O) groups is 2. The summed E-state index contributed by atoms with van der Waals surface area (Å²) < 4.78 is 88.9. The van der Waals surface area contributed by atoms with Gasteiger partial charge in [-0.15, -0.1) is 0 Å². The van der Waals surface area contributed by atoms with Crippen molar-refractivity contribution in [1.82, 2.24) is 10.6 Å². The van der Waals surface area contributed by atoms with Crippen LogP contribution in [0.3, 0.4) is 0 Å². The molecule has 41 nitrogen and oxygen atoms in total. The minimum Gasteiger partial charge on any atom is -0.394 e. The zero-order valence-electron chi connectivity index (χ0n) is 50.1. The van der Waals surface area contributed by atoms with Gasteiger partial charge >= 0.3 is 0 Å². The van der Waals surface area contributed by atoms with Crippen molar-refractivity contribution in [1.29, 1.82) is 0 Å². The lowest BCUT2D eigenvalue weighted by molar-refractivity contribution is -0.400. The van der Waals surface area contributed by atoms with Crippen molar-refractivity contribution in [3.05, 3.63) is 0 Å². The van der Waals surface area contributed by atoms with Crippen molar-refractivity contribution in [2.24, 2.45) is 0 Å². The van der Waals surface area contributed by atoms with Crippen LogP contribution in [0.2, 0.25) is 0 Å². The number of carbonyl (C=O) groups excluding carboxylic acids is 2. The summed E-state index contributed by atoms with van der Waals surface area (Å²) in [6.07, 6.45) is -75.3. The molecular weight excluding hydrogens is 1280 g/mol. The standard InChI is InChI=1S/C52H88N2O39/c1-11-23(63)28(68)33(73)48(79-11)88-39-19(9-59)85-47(22(54-14(4)62)42(39)91-50-35(75)30(70)25(65)15(5-55)82-50)93-44-27(67)17(7-57)84-52(37(44)77)89-40-20(10-60)86-46(21(53-13(3)61)41(40)90-49-34(74)29(69)24(64)12(2)80-49)92-43-26(66)16(6-56)83-51(36(43)76)87-38-18(8-58)81-45(78)32(72)31(38)71/h11-12,15-52,55-60,63-78H,5-10H2,1-4H3,(H,53,61)(H,54,62)/t11-,12-,15-,16-,17-,18-,19-,20-,21-,22-,23+,24+,25+,26+,27+,28+,29+,30+,31-,32-,33-,34-,35-,36-,37-,38-,39-,40-,41-,42-,43+,44+,45?,46+,47+,48-,49-,50+,51+,52+/m1/s1. The summed E-state index contributed by atoms with van der Waals surface area (Å²) in [6.45, 7) is -2.06. The van der Waals surface area contributed by atoms with Gasteiger partial charge in [0.1, 0.15) is 183 Å². The van der Waals surface area contributed by atoms with Gasteiger partial charge in [0, 0.05) is 13.8 Å². The summed E-state index contributed by atoms with van der Waals surface area (Å²) in [5.41, 5.74) is 0. The highest BCUT2D eigenvalue weighted by Crippen LogP contribution is 2.40. The average Bonchev–Trinajstić information content (AvgIpc) is 0.775. The molecule has 0 aromatic rings. The molecule has 540 valence electrons. The lowest BCUT2D eigenvalue weighted by atomic mass is 9.93. The van der Waals surface area contributed by atoms with Crippen LogP contribution in [0.1, 0.15) is 27.7 Å². The summed E-state index contributed by atoms with van der Waals surface area (Å²) in [4.78, 5) is 26.6. The summed E-state index contributed by atoms with van der Waals surface area (Å²) in [6, 6.07) is -3.90. The van der Waals surface area contributed by atoms with Gasteiger partial charge in [-0.1, -0.05) is 0 Å². The Balaban J connectivity index is 1.14. The summed E-state index contributed by atoms with van der Waals surface area (Å²) >= 11 is 0. The van der Waals surface area contributed by atoms with E-state index in [4.69, 9.17) is 71.1 Å². The van der Waals surface area contributed by atoms with Crippen molar-refractivity contribution in [2.45, 2.75) is 273 Å². The number of aliphatic hydroxyl groups is 22. The van der Waals surface area contributed by atoms with E-state index in [9.17, 15) is 122 Å². The third kappa shape index (κ3) is 16.2. The van der Waals surface area contributed by atoms with Gasteiger partial charge in [0.05, 0.1) is 51.8 Å². The Kier molecular flexibility index (Phi) is 26.7. The van der Waals surface area contributed by atoms with Crippen molar-refractivity contribution in [3.8, 4) is 0 Å². The van der Waals surface area contributed by atoms with Crippen LogP contribution in [-0.2, 0) is 80.6 Å². The molecule has 0 spiro atoms. The average molecular weight is 1370 g/mol. The molecule has 41 heteroatoms. The van der Waals surface area contributed by atoms with E-state index in [1.165, 1.54) is 13.8 Å². The monoisotopic (exact) mass is 1360 g/mol. The maximum Gasteiger partial charge on any atom is 0.217 e. The molecule has 0 aliphatic carbocycles. The first kappa shape index (κ1) is 76.2. The molecule has 0 saturated carbocycles. The van der Waals surface area contributed by atoms with E-state index in [0.29, 0.717) is 0 Å². The predicted octanol–water partition coefficient (Wildman–Crippen LogP) is -16.1. The van der Waals surface area contributed by atoms with Crippen LogP contribution in [0.25, 0.3) is 0 Å². The number of ether oxygens (including phenoxy) is 15. The number of rotatable bonds is 22. The van der Waals surface area contributed by atoms with Crippen LogP contribution < -0.4 is 10.6 Å². The first-order chi connectivity index (χ1) is 43.9. The van der Waals surface area contributed by atoms with Gasteiger partial charge < -0.3 is 194 Å². The molecule has 0 bridgehead atoms. The smallest absolute Gasteiger partial charge is 0.217 e. The number of nitrogens with one attached hydrogen (secondary N) is 2. The fourth-order valence-corrected chi connectivity index (χ4v) is 12.2. The van der Waals surface area contributed by atoms with Crippen molar-refractivity contribution in [2.75, 3.05) is 39.6 Å². The first-order valence-corrected chi connectivity index (χ1v) is 29.9. The second-order valence-electron chi connectivity index (χ2n) is 23.8. The molecule has 0 aromatic heterocycles. The summed E-state index contributed by atoms with van der Waals surface area (Å²) in [7, 11) is 0. The van der Waals surface area contributed by atoms with Gasteiger partial charge in [-0.25, -0.2) is 0 Å². The molecule has 8 fully saturated rings. The fraction of sp³-hybridized carbons (Fsp3) is 0.962. The Bertz CT molecular complexity index is 2350. The number of amides is 2. The van der Waals surface area contributed by atoms with Gasteiger partial charge in [0.25, 0.3) is 0 Å². The predicted molar refractivity (Wildman–Crippen MR) is 285 cm³/mol. The highest BCUT2D eigenvalue weighted by molar-refractivity contribution is 5.73. The Labute approximate surface area is 527 Å². The van der Waals surface area contributed by atoms with Crippen molar-refractivity contribution < 1.29 is 193 Å². The van der Waals surface area contributed by atoms with E-state index < -0.39 is 297 Å². The molecule has 0 radical (unpaired) electrons. The second-order valence-corrected chi connectivity index (χ2v) is 23.8. The Hall–Kier alpha value is -2.54. The zero-order valence-corrected chi connectivity index (χ0v) is 50.1. The van der Waals surface area contributed by atoms with Crippen LogP contribution in [-0.4, -0.2) is 409 Å². The van der Waals surface area contributed by atoms with Gasteiger partial charge in [-0.05, 0) is 13.8 Å². The lowest BCUT2D eigenvalue weighted by Crippen LogP contribution is -2.72. The first-order valence-electron chi connectivity index (χ1n) is 29.9. The molecule has 0 aromatic carbocycles. The third-order valence-electron chi connectivity index (χ3n) is 17.4. The topological polar surface area (TPSA) is 642 Å². The Morgan fingerprint density at radius 2 is 0.559 bits per heavy atom. The fourth-order valence-electron chi connectivity index (χ4n) is 12.2. The van der Waals surface area contributed by atoms with Crippen LogP contribution in [0.15, 0.2) is 0 Å². The Morgan fingerprint density at radius 1 is 0.280 bits per heavy atom. The molecule has 93 heavy (non-hydrogen) atoms. The van der Waals surface area contributed by atoms with Crippen LogP contribution in [0.5, 0.6) is 0 Å². The number of hydrogen-bond acceptors (Lipinski definition) is 39. The van der Waals surface area contributed by atoms with E-state index in [0.717, 1.165) is 13.8 Å². The summed E-state index contributed by atoms with van der Waals surface area (Å²) in [5, 5.41) is 245. The third-order valence-corrected chi connectivity index (χ3v) is 17.4. The van der Waals surface area contributed by atoms with Crippen LogP contribution >= 0.6 is 0 Å². The van der Waals surface area contributed by atoms with E-state index >= 15 is 0 Å². The van der Waals surface area contributed by atoms with Gasteiger partial charge in [0.15, 0.2) is 50.3 Å². The molecule has 8 aliphatic heterocycles. The number of aliphatic hydroxyl groups excluding tert-OH is 22. The maximum atomic E-state index is 13.3. The van der Waals surface area contributed by atoms with Crippen LogP contribution in [0, 0.1) is 0 Å². The van der Waals surface area contributed by atoms with E-state index in [-0.39, 0.29) is 0 Å². The van der Waals surface area contributed by atoms with Gasteiger partial charge in [-0.3, -0.25) is 9.59 Å². The van der Waals surface area contributed by atoms with E-state index in [1.807, 2.05) is 0 Å². The molecule has 8 heterocycles. The maximum absolute atomic E-state index is 13.3. The minimum atomic E-state index is -2.43. The summed E-state index contributed by atoms with van der Waals surface area (Å²) in [5.74, 6) is -1.91. The molecular formula is C52H88N2O39. The van der Waals surface area contributed by atoms with Gasteiger partial charge in [-0.2, -0.15) is 0 Å². The molecule has 24 N–H and O–H groups in total. The normalized spacial score (nSPS) is 51.6. The van der Waals surface area contributed by atoms with Crippen molar-refractivity contribution in [3.63, 3.8) is 0 Å². The molecule has 40 atom stereocenters. The minimum absolute atomic E-state index is 0.947. The highest BCUT2D eigenvalue weighted by atomic mass is 16.8. The molecule has 8 rings (SSSR count). The molecule has 1 unspecified atom stereocenters.